The summed E-state index contributed by atoms with van der Waals surface area (Å²) in [6.07, 6.45) is 8.60. The Hall–Kier alpha value is -1.72. The van der Waals surface area contributed by atoms with Gasteiger partial charge in [0.1, 0.15) is 0 Å². The van der Waals surface area contributed by atoms with Crippen molar-refractivity contribution in [2.24, 2.45) is 7.05 Å². The summed E-state index contributed by atoms with van der Waals surface area (Å²) in [6, 6.07) is 3.12. The fraction of sp³-hybridized carbons (Fsp3) is 0.529. The fourth-order valence-electron chi connectivity index (χ4n) is 2.33. The van der Waals surface area contributed by atoms with Crippen molar-refractivity contribution < 1.29 is 0 Å². The van der Waals surface area contributed by atoms with Gasteiger partial charge in [-0.25, -0.2) is 4.98 Å². The smallest absolute Gasteiger partial charge is 0.0945 e. The van der Waals surface area contributed by atoms with Gasteiger partial charge in [0.05, 0.1) is 12.0 Å². The molecular weight excluding hydrogens is 274 g/mol. The second-order valence-corrected chi connectivity index (χ2v) is 6.22. The Morgan fingerprint density at radius 1 is 1.00 bits per heavy atom. The Balaban J connectivity index is 1.84. The van der Waals surface area contributed by atoms with E-state index in [0.29, 0.717) is 12.1 Å². The lowest BCUT2D eigenvalue weighted by Crippen LogP contribution is -2.28. The number of aromatic nitrogens is 3. The van der Waals surface area contributed by atoms with E-state index in [4.69, 9.17) is 0 Å². The van der Waals surface area contributed by atoms with E-state index in [-0.39, 0.29) is 0 Å². The van der Waals surface area contributed by atoms with E-state index in [9.17, 15) is 0 Å². The van der Waals surface area contributed by atoms with Crippen molar-refractivity contribution in [3.05, 3.63) is 47.8 Å². The van der Waals surface area contributed by atoms with Crippen molar-refractivity contribution in [1.82, 2.24) is 25.2 Å². The van der Waals surface area contributed by atoms with Crippen molar-refractivity contribution >= 4 is 0 Å². The highest BCUT2D eigenvalue weighted by Crippen LogP contribution is 2.07. The maximum atomic E-state index is 4.36. The Morgan fingerprint density at radius 2 is 1.77 bits per heavy atom. The summed E-state index contributed by atoms with van der Waals surface area (Å²) >= 11 is 0. The van der Waals surface area contributed by atoms with E-state index in [2.05, 4.69) is 47.4 Å². The lowest BCUT2D eigenvalue weighted by atomic mass is 10.1. The molecule has 22 heavy (non-hydrogen) atoms. The molecule has 0 saturated carbocycles. The lowest BCUT2D eigenvalue weighted by Gasteiger charge is -2.15. The molecule has 0 bridgehead atoms. The first-order valence-corrected chi connectivity index (χ1v) is 7.89. The molecule has 2 aromatic heterocycles. The average molecular weight is 301 g/mol. The molecule has 0 spiro atoms. The maximum absolute atomic E-state index is 4.36. The quantitative estimate of drug-likeness (QED) is 0.783. The number of nitrogens with one attached hydrogen (secondary N) is 2. The number of rotatable bonds is 8. The summed E-state index contributed by atoms with van der Waals surface area (Å²) in [5.41, 5.74) is 3.71. The van der Waals surface area contributed by atoms with Crippen LogP contribution in [0.2, 0.25) is 0 Å². The van der Waals surface area contributed by atoms with Crippen LogP contribution in [0.5, 0.6) is 0 Å². The Labute approximate surface area is 133 Å². The van der Waals surface area contributed by atoms with Crippen LogP contribution < -0.4 is 10.6 Å². The Kier molecular flexibility index (Phi) is 6.10. The van der Waals surface area contributed by atoms with Gasteiger partial charge in [0, 0.05) is 50.8 Å². The number of pyridine rings is 1. The minimum absolute atomic E-state index is 0.394. The summed E-state index contributed by atoms with van der Waals surface area (Å²) in [7, 11) is 2.02. The van der Waals surface area contributed by atoms with Crippen molar-refractivity contribution in [3.63, 3.8) is 0 Å². The molecule has 2 N–H and O–H groups in total. The van der Waals surface area contributed by atoms with Crippen molar-refractivity contribution in [1.29, 1.82) is 0 Å². The molecule has 2 aromatic rings. The normalized spacial score (nSPS) is 12.8. The van der Waals surface area contributed by atoms with E-state index in [1.165, 1.54) is 16.8 Å². The first-order valence-electron chi connectivity index (χ1n) is 7.89. The van der Waals surface area contributed by atoms with Crippen molar-refractivity contribution in [2.75, 3.05) is 0 Å². The van der Waals surface area contributed by atoms with E-state index in [0.717, 1.165) is 19.5 Å². The third-order valence-corrected chi connectivity index (χ3v) is 3.66. The third kappa shape index (κ3) is 5.24. The Morgan fingerprint density at radius 3 is 2.45 bits per heavy atom. The largest absolute Gasteiger partial charge is 0.337 e. The second kappa shape index (κ2) is 8.06. The predicted octanol–water partition coefficient (Wildman–Crippen LogP) is 2.03. The molecule has 5 heteroatoms. The van der Waals surface area contributed by atoms with Gasteiger partial charge < -0.3 is 15.2 Å². The van der Waals surface area contributed by atoms with Gasteiger partial charge in [-0.1, -0.05) is 19.9 Å². The van der Waals surface area contributed by atoms with Crippen LogP contribution in [0.3, 0.4) is 0 Å². The van der Waals surface area contributed by atoms with E-state index in [1.807, 2.05) is 36.5 Å². The first-order chi connectivity index (χ1) is 10.5. The van der Waals surface area contributed by atoms with Gasteiger partial charge in [-0.3, -0.25) is 4.98 Å². The van der Waals surface area contributed by atoms with Crippen LogP contribution in [0, 0.1) is 0 Å². The van der Waals surface area contributed by atoms with E-state index >= 15 is 0 Å². The standard InChI is InChI=1S/C17H27N5/c1-13(2)20-9-16-6-15(7-18-8-16)5-14(3)21-11-17-10-19-12-22(17)4/h6-8,10,12-14,20-21H,5,9,11H2,1-4H3. The predicted molar refractivity (Wildman–Crippen MR) is 89.4 cm³/mol. The molecule has 2 heterocycles. The fourth-order valence-corrected chi connectivity index (χ4v) is 2.33. The van der Waals surface area contributed by atoms with Gasteiger partial charge in [-0.05, 0) is 24.5 Å². The van der Waals surface area contributed by atoms with E-state index in [1.54, 1.807) is 0 Å². The van der Waals surface area contributed by atoms with Crippen LogP contribution in [0.25, 0.3) is 0 Å². The minimum atomic E-state index is 0.394. The van der Waals surface area contributed by atoms with Gasteiger partial charge in [0.15, 0.2) is 0 Å². The first kappa shape index (κ1) is 16.6. The van der Waals surface area contributed by atoms with Crippen molar-refractivity contribution in [2.45, 2.75) is 52.4 Å². The molecule has 0 saturated heterocycles. The zero-order valence-electron chi connectivity index (χ0n) is 14.0. The molecule has 5 nitrogen and oxygen atoms in total. The SMILES string of the molecule is CC(C)NCc1cncc(CC(C)NCc2cncn2C)c1. The van der Waals surface area contributed by atoms with Gasteiger partial charge in [-0.15, -0.1) is 0 Å². The molecule has 0 radical (unpaired) electrons. The molecule has 0 amide bonds. The second-order valence-electron chi connectivity index (χ2n) is 6.22. The van der Waals surface area contributed by atoms with Gasteiger partial charge in [0.2, 0.25) is 0 Å². The number of aryl methyl sites for hydroxylation is 1. The van der Waals surface area contributed by atoms with Crippen LogP contribution in [-0.4, -0.2) is 26.6 Å². The zero-order valence-corrected chi connectivity index (χ0v) is 14.0. The molecule has 0 aliphatic heterocycles. The van der Waals surface area contributed by atoms with Crippen LogP contribution in [0.4, 0.5) is 0 Å². The number of imidazole rings is 1. The molecule has 0 fully saturated rings. The highest BCUT2D eigenvalue weighted by atomic mass is 15.0. The van der Waals surface area contributed by atoms with Gasteiger partial charge in [-0.2, -0.15) is 0 Å². The molecule has 1 unspecified atom stereocenters. The molecular formula is C17H27N5. The highest BCUT2D eigenvalue weighted by Gasteiger charge is 2.06. The molecule has 120 valence electrons. The topological polar surface area (TPSA) is 54.8 Å². The van der Waals surface area contributed by atoms with Gasteiger partial charge >= 0.3 is 0 Å². The molecule has 0 aromatic carbocycles. The summed E-state index contributed by atoms with van der Waals surface area (Å²) in [4.78, 5) is 8.49. The zero-order chi connectivity index (χ0) is 15.9. The molecule has 2 rings (SSSR count). The summed E-state index contributed by atoms with van der Waals surface area (Å²) < 4.78 is 2.04. The average Bonchev–Trinajstić information content (AvgIpc) is 2.89. The molecule has 0 aliphatic rings. The highest BCUT2D eigenvalue weighted by molar-refractivity contribution is 5.19. The maximum Gasteiger partial charge on any atom is 0.0945 e. The monoisotopic (exact) mass is 301 g/mol. The van der Waals surface area contributed by atoms with Gasteiger partial charge in [0.25, 0.3) is 0 Å². The van der Waals surface area contributed by atoms with Crippen LogP contribution in [0.15, 0.2) is 31.0 Å². The summed E-state index contributed by atoms with van der Waals surface area (Å²) in [5, 5.41) is 6.97. The Bertz CT molecular complexity index is 576. The van der Waals surface area contributed by atoms with Crippen LogP contribution >= 0.6 is 0 Å². The van der Waals surface area contributed by atoms with Crippen LogP contribution in [0.1, 0.15) is 37.6 Å². The van der Waals surface area contributed by atoms with Crippen LogP contribution in [-0.2, 0) is 26.6 Å². The summed E-state index contributed by atoms with van der Waals surface area (Å²) in [5.74, 6) is 0. The molecule has 1 atom stereocenters. The number of nitrogens with zero attached hydrogens (tertiary/aromatic N) is 3. The van der Waals surface area contributed by atoms with E-state index < -0.39 is 0 Å². The third-order valence-electron chi connectivity index (χ3n) is 3.66. The van der Waals surface area contributed by atoms with Crippen molar-refractivity contribution in [3.8, 4) is 0 Å². The minimum Gasteiger partial charge on any atom is -0.337 e. The lowest BCUT2D eigenvalue weighted by molar-refractivity contribution is 0.531. The summed E-state index contributed by atoms with van der Waals surface area (Å²) in [6.45, 7) is 8.22. The number of hydrogen-bond donors (Lipinski definition) is 2. The molecule has 0 aliphatic carbocycles. The number of hydrogen-bond acceptors (Lipinski definition) is 4.